The van der Waals surface area contributed by atoms with E-state index in [9.17, 15) is 0 Å². The molecule has 7 radical (unpaired) electrons. The molecule has 15 heavy (non-hydrogen) atoms. The first-order chi connectivity index (χ1) is 5.55. The second-order valence-corrected chi connectivity index (χ2v) is 3.12. The van der Waals surface area contributed by atoms with E-state index in [0.717, 1.165) is 0 Å². The van der Waals surface area contributed by atoms with Crippen LogP contribution in [0.25, 0.3) is 0 Å². The summed E-state index contributed by atoms with van der Waals surface area (Å²) in [5.74, 6) is 7.34. The topological polar surface area (TPSA) is 39.4 Å². The molecule has 0 atom stereocenters. The minimum absolute atomic E-state index is 0. The number of hydrogen-bond donors (Lipinski definition) is 0. The summed E-state index contributed by atoms with van der Waals surface area (Å²) < 4.78 is 0. The Bertz CT molecular complexity index is 98.8. The molecule has 0 amide bonds. The maximum atomic E-state index is 7.25. The molecular weight excluding hydrogens is 270 g/mol. The smallest absolute Gasteiger partial charge is 0.358 e. The monoisotopic (exact) mass is 293 g/mol. The van der Waals surface area contributed by atoms with Gasteiger partial charge in [0.05, 0.1) is 0 Å². The van der Waals surface area contributed by atoms with Crippen LogP contribution in [0, 0.1) is 49.3 Å². The van der Waals surface area contributed by atoms with Crippen molar-refractivity contribution in [1.29, 1.82) is 0 Å². The minimum Gasteiger partial charge on any atom is -0.358 e. The van der Waals surface area contributed by atoms with Crippen LogP contribution >= 0.6 is 0 Å². The van der Waals surface area contributed by atoms with Gasteiger partial charge >= 0.3 is 21.1 Å². The van der Waals surface area contributed by atoms with Crippen molar-refractivity contribution in [1.82, 2.24) is 5.59 Å². The predicted octanol–water partition coefficient (Wildman–Crippen LogP) is 3.42. The third kappa shape index (κ3) is 5.24. The predicted molar refractivity (Wildman–Crippen MR) is 62.9 cm³/mol. The number of rotatable bonds is 0. The number of nitroso groups, excluding NO2 is 1. The van der Waals surface area contributed by atoms with Crippen molar-refractivity contribution >= 4 is 0 Å². The summed E-state index contributed by atoms with van der Waals surface area (Å²) in [7, 11) is 0. The molecule has 1 rings (SSSR count). The molecule has 0 N–H and O–H groups in total. The minimum atomic E-state index is 0. The molecule has 0 unspecified atom stereocenters. The maximum absolute atomic E-state index is 7.25. The van der Waals surface area contributed by atoms with Gasteiger partial charge in [0.1, 0.15) is 5.59 Å². The van der Waals surface area contributed by atoms with Gasteiger partial charge in [-0.15, -0.1) is 4.91 Å². The first kappa shape index (κ1) is 24.5. The molecule has 0 aliphatic heterocycles. The van der Waals surface area contributed by atoms with E-state index >= 15 is 0 Å². The van der Waals surface area contributed by atoms with Crippen LogP contribution in [0.1, 0.15) is 34.6 Å². The molecule has 1 aliphatic carbocycles. The van der Waals surface area contributed by atoms with Gasteiger partial charge in [-0.1, -0.05) is 34.6 Å². The molecule has 85 valence electrons. The number of nitrogens with zero attached hydrogens (tertiary/aromatic N) is 1. The summed E-state index contributed by atoms with van der Waals surface area (Å²) in [5, 5.41) is 0. The van der Waals surface area contributed by atoms with Gasteiger partial charge in [0, 0.05) is 0 Å². The van der Waals surface area contributed by atoms with Gasteiger partial charge in [0.25, 0.3) is 0 Å². The van der Waals surface area contributed by atoms with Crippen LogP contribution in [-0.2, 0) is 21.1 Å². The van der Waals surface area contributed by atoms with E-state index in [-0.39, 0.29) is 35.9 Å². The fourth-order valence-corrected chi connectivity index (χ4v) is 1.41. The molecule has 0 aromatic rings. The zero-order chi connectivity index (χ0) is 9.89. The van der Waals surface area contributed by atoms with E-state index in [1.165, 1.54) is 29.6 Å². The van der Waals surface area contributed by atoms with Crippen molar-refractivity contribution in [2.75, 3.05) is 0 Å². The van der Waals surface area contributed by atoms with Crippen LogP contribution in [0.5, 0.6) is 0 Å². The van der Waals surface area contributed by atoms with Crippen LogP contribution in [0.15, 0.2) is 0 Å². The summed E-state index contributed by atoms with van der Waals surface area (Å²) in [6.45, 7) is 11.0. The Labute approximate surface area is 111 Å². The second-order valence-electron chi connectivity index (χ2n) is 3.12. The van der Waals surface area contributed by atoms with Crippen molar-refractivity contribution in [3.05, 3.63) is 49.3 Å². The zero-order valence-electron chi connectivity index (χ0n) is 10.8. The summed E-state index contributed by atoms with van der Waals surface area (Å²) in [6, 6.07) is 0. The fraction of sp³-hybridized carbons (Fsp3) is 0.417. The molecule has 0 aromatic carbocycles. The Morgan fingerprint density at radius 2 is 0.667 bits per heavy atom. The van der Waals surface area contributed by atoms with Gasteiger partial charge in [-0.3, -0.25) is 0 Å². The first-order valence-electron chi connectivity index (χ1n) is 3.93. The SMILES string of the molecule is C[C]1[C](C)[C](C)[C](C)[C]1C.[CH3-].[CH3-].[Mo+3].[N]=O. The standard InChI is InChI=1S/C10H15.2CH3.Mo.NO/c1-6-7(2)9(4)10(5)8(6)3;;;;1-2/h1-5H3;2*1H3;;/q;2*-1;+3;. The molecule has 1 aliphatic rings. The first-order valence-corrected chi connectivity index (χ1v) is 3.93. The molecule has 1 fully saturated rings. The molecule has 0 aromatic heterocycles. The average Bonchev–Trinajstić information content (AvgIpc) is 2.27. The summed E-state index contributed by atoms with van der Waals surface area (Å²) >= 11 is 0. The molecule has 0 saturated heterocycles. The van der Waals surface area contributed by atoms with Crippen molar-refractivity contribution in [3.63, 3.8) is 0 Å². The van der Waals surface area contributed by atoms with Crippen LogP contribution in [0.2, 0.25) is 0 Å². The van der Waals surface area contributed by atoms with Gasteiger partial charge in [-0.2, -0.15) is 0 Å². The zero-order valence-corrected chi connectivity index (χ0v) is 12.8. The Kier molecular flexibility index (Phi) is 17.6. The van der Waals surface area contributed by atoms with Gasteiger partial charge in [-0.25, -0.2) is 0 Å². The van der Waals surface area contributed by atoms with Crippen LogP contribution in [0.4, 0.5) is 0 Å². The molecule has 3 heteroatoms. The van der Waals surface area contributed by atoms with E-state index in [4.69, 9.17) is 10.5 Å². The number of hydrogen-bond acceptors (Lipinski definition) is 1. The van der Waals surface area contributed by atoms with Crippen molar-refractivity contribution in [2.24, 2.45) is 0 Å². The van der Waals surface area contributed by atoms with E-state index < -0.39 is 0 Å². The maximum Gasteiger partial charge on any atom is 3.00 e. The van der Waals surface area contributed by atoms with E-state index in [1.54, 1.807) is 0 Å². The summed E-state index contributed by atoms with van der Waals surface area (Å²) in [5.41, 5.74) is 5.75. The van der Waals surface area contributed by atoms with Crippen molar-refractivity contribution in [3.8, 4) is 0 Å². The molecule has 0 bridgehead atoms. The van der Waals surface area contributed by atoms with Crippen molar-refractivity contribution in [2.45, 2.75) is 34.6 Å². The molecule has 2 nitrogen and oxygen atoms in total. The molecule has 0 heterocycles. The van der Waals surface area contributed by atoms with Gasteiger partial charge in [-0.05, 0) is 29.6 Å². The Hall–Kier alpha value is 0.288. The molecule has 1 saturated carbocycles. The Morgan fingerprint density at radius 3 is 0.733 bits per heavy atom. The quantitative estimate of drug-likeness (QED) is 0.498. The fourth-order valence-electron chi connectivity index (χ4n) is 1.41. The normalized spacial score (nSPS) is 19.3. The van der Waals surface area contributed by atoms with Crippen LogP contribution in [0.3, 0.4) is 0 Å². The van der Waals surface area contributed by atoms with Crippen LogP contribution < -0.4 is 5.59 Å². The molecular formula is C12H21MoNO+. The van der Waals surface area contributed by atoms with E-state index in [0.29, 0.717) is 0 Å². The van der Waals surface area contributed by atoms with Crippen LogP contribution in [-0.4, -0.2) is 0 Å². The van der Waals surface area contributed by atoms with E-state index in [1.807, 2.05) is 0 Å². The second kappa shape index (κ2) is 10.8. The van der Waals surface area contributed by atoms with Gasteiger partial charge < -0.3 is 14.9 Å². The van der Waals surface area contributed by atoms with Gasteiger partial charge in [0.2, 0.25) is 0 Å². The third-order valence-electron chi connectivity index (χ3n) is 2.81. The average molecular weight is 291 g/mol. The van der Waals surface area contributed by atoms with E-state index in [2.05, 4.69) is 34.6 Å². The summed E-state index contributed by atoms with van der Waals surface area (Å²) in [4.78, 5) is 7.25. The largest absolute Gasteiger partial charge is 3.00 e. The third-order valence-corrected chi connectivity index (χ3v) is 2.81. The summed E-state index contributed by atoms with van der Waals surface area (Å²) in [6.07, 6.45) is 0. The Morgan fingerprint density at radius 1 is 0.600 bits per heavy atom. The molecule has 0 spiro atoms. The Balaban J connectivity index is -0.000000114. The van der Waals surface area contributed by atoms with Crippen molar-refractivity contribution < 1.29 is 21.1 Å². The van der Waals surface area contributed by atoms with Gasteiger partial charge in [0.15, 0.2) is 0 Å².